The van der Waals surface area contributed by atoms with E-state index in [-0.39, 0.29) is 5.91 Å². The summed E-state index contributed by atoms with van der Waals surface area (Å²) in [5, 5.41) is 11.3. The molecule has 0 aromatic heterocycles. The number of carbonyl (C=O) groups is 2. The van der Waals surface area contributed by atoms with E-state index < -0.39 is 5.97 Å². The van der Waals surface area contributed by atoms with Crippen LogP contribution in [0.25, 0.3) is 6.08 Å². The topological polar surface area (TPSA) is 69.6 Å². The second-order valence-electron chi connectivity index (χ2n) is 4.58. The minimum Gasteiger partial charge on any atom is -0.478 e. The van der Waals surface area contributed by atoms with Crippen molar-refractivity contribution in [2.24, 2.45) is 0 Å². The fraction of sp³-hybridized carbons (Fsp3) is 0.333. The molecule has 5 nitrogen and oxygen atoms in total. The molecule has 0 saturated carbocycles. The van der Waals surface area contributed by atoms with E-state index in [1.807, 2.05) is 37.1 Å². The minimum absolute atomic E-state index is 0.0217. The highest BCUT2D eigenvalue weighted by atomic mass is 16.4. The van der Waals surface area contributed by atoms with E-state index in [0.29, 0.717) is 13.0 Å². The third kappa shape index (κ3) is 4.76. The number of nitrogens with zero attached hydrogens (tertiary/aromatic N) is 1. The van der Waals surface area contributed by atoms with E-state index in [0.717, 1.165) is 22.9 Å². The number of carbonyl (C=O) groups excluding carboxylic acids is 1. The number of anilines is 1. The SMILES string of the molecule is CNC(=O)CCN(C)c1ccc(C)cc1/C=C/C(=O)O. The van der Waals surface area contributed by atoms with E-state index in [4.69, 9.17) is 5.11 Å². The van der Waals surface area contributed by atoms with Gasteiger partial charge in [0.25, 0.3) is 0 Å². The molecule has 1 aromatic rings. The fourth-order valence-corrected chi connectivity index (χ4v) is 1.83. The summed E-state index contributed by atoms with van der Waals surface area (Å²) >= 11 is 0. The number of aliphatic carboxylic acids is 1. The van der Waals surface area contributed by atoms with Crippen molar-refractivity contribution in [3.8, 4) is 0 Å². The fourth-order valence-electron chi connectivity index (χ4n) is 1.83. The molecule has 0 aliphatic heterocycles. The number of benzene rings is 1. The van der Waals surface area contributed by atoms with Crippen molar-refractivity contribution < 1.29 is 14.7 Å². The number of carboxylic acid groups (broad SMARTS) is 1. The molecule has 5 heteroatoms. The van der Waals surface area contributed by atoms with Crippen LogP contribution >= 0.6 is 0 Å². The molecule has 0 aliphatic rings. The Bertz CT molecular complexity index is 524. The van der Waals surface area contributed by atoms with E-state index in [1.54, 1.807) is 13.1 Å². The zero-order valence-electron chi connectivity index (χ0n) is 12.0. The van der Waals surface area contributed by atoms with Gasteiger partial charge in [0.2, 0.25) is 5.91 Å². The van der Waals surface area contributed by atoms with Crippen molar-refractivity contribution in [1.82, 2.24) is 5.32 Å². The zero-order valence-corrected chi connectivity index (χ0v) is 12.0. The number of rotatable bonds is 6. The monoisotopic (exact) mass is 276 g/mol. The lowest BCUT2D eigenvalue weighted by Gasteiger charge is -2.21. The minimum atomic E-state index is -0.981. The molecule has 0 radical (unpaired) electrons. The number of amides is 1. The van der Waals surface area contributed by atoms with Gasteiger partial charge in [0, 0.05) is 38.8 Å². The van der Waals surface area contributed by atoms with Crippen LogP contribution in [0.4, 0.5) is 5.69 Å². The predicted molar refractivity (Wildman–Crippen MR) is 79.8 cm³/mol. The molecule has 1 rings (SSSR count). The van der Waals surface area contributed by atoms with Crippen LogP contribution in [0.1, 0.15) is 17.5 Å². The number of hydrogen-bond acceptors (Lipinski definition) is 3. The van der Waals surface area contributed by atoms with Crippen LogP contribution in [-0.4, -0.2) is 37.6 Å². The Labute approximate surface area is 118 Å². The lowest BCUT2D eigenvalue weighted by atomic mass is 10.1. The van der Waals surface area contributed by atoms with E-state index in [1.165, 1.54) is 0 Å². The molecule has 0 unspecified atom stereocenters. The maximum absolute atomic E-state index is 11.3. The van der Waals surface area contributed by atoms with E-state index >= 15 is 0 Å². The molecule has 20 heavy (non-hydrogen) atoms. The number of aryl methyl sites for hydroxylation is 1. The second-order valence-corrected chi connectivity index (χ2v) is 4.58. The van der Waals surface area contributed by atoms with Crippen LogP contribution in [0.2, 0.25) is 0 Å². The highest BCUT2D eigenvalue weighted by Gasteiger charge is 2.08. The van der Waals surface area contributed by atoms with Crippen LogP contribution in [0.15, 0.2) is 24.3 Å². The van der Waals surface area contributed by atoms with Crippen LogP contribution in [-0.2, 0) is 9.59 Å². The molecule has 0 spiro atoms. The van der Waals surface area contributed by atoms with Gasteiger partial charge in [-0.1, -0.05) is 11.6 Å². The lowest BCUT2D eigenvalue weighted by molar-refractivity contribution is -0.131. The molecule has 1 aromatic carbocycles. The van der Waals surface area contributed by atoms with Gasteiger partial charge in [0.1, 0.15) is 0 Å². The van der Waals surface area contributed by atoms with Gasteiger partial charge < -0.3 is 15.3 Å². The Kier molecular flexibility index (Phi) is 5.77. The molecule has 0 aliphatic carbocycles. The standard InChI is InChI=1S/C15H20N2O3/c1-11-4-6-13(12(10-11)5-7-15(19)20)17(3)9-8-14(18)16-2/h4-7,10H,8-9H2,1-3H3,(H,16,18)(H,19,20)/b7-5+. The van der Waals surface area contributed by atoms with Crippen molar-refractivity contribution in [1.29, 1.82) is 0 Å². The Morgan fingerprint density at radius 2 is 2.10 bits per heavy atom. The largest absolute Gasteiger partial charge is 0.478 e. The van der Waals surface area contributed by atoms with Crippen molar-refractivity contribution in [2.45, 2.75) is 13.3 Å². The van der Waals surface area contributed by atoms with Crippen LogP contribution in [0.3, 0.4) is 0 Å². The highest BCUT2D eigenvalue weighted by Crippen LogP contribution is 2.22. The zero-order chi connectivity index (χ0) is 15.1. The Balaban J connectivity index is 2.92. The second kappa shape index (κ2) is 7.33. The first-order valence-corrected chi connectivity index (χ1v) is 6.37. The number of carboxylic acids is 1. The normalized spacial score (nSPS) is 10.6. The molecule has 1 amide bonds. The summed E-state index contributed by atoms with van der Waals surface area (Å²) < 4.78 is 0. The average molecular weight is 276 g/mol. The van der Waals surface area contributed by atoms with Gasteiger partial charge in [0.15, 0.2) is 0 Å². The van der Waals surface area contributed by atoms with Crippen LogP contribution in [0, 0.1) is 6.92 Å². The first-order valence-electron chi connectivity index (χ1n) is 6.37. The molecule has 0 heterocycles. The Morgan fingerprint density at radius 3 is 2.70 bits per heavy atom. The average Bonchev–Trinajstić information content (AvgIpc) is 2.42. The summed E-state index contributed by atoms with van der Waals surface area (Å²) in [4.78, 5) is 23.9. The Morgan fingerprint density at radius 1 is 1.40 bits per heavy atom. The smallest absolute Gasteiger partial charge is 0.328 e. The molecule has 0 fully saturated rings. The first kappa shape index (κ1) is 15.8. The van der Waals surface area contributed by atoms with Crippen molar-refractivity contribution in [3.63, 3.8) is 0 Å². The first-order chi connectivity index (χ1) is 9.43. The number of hydrogen-bond donors (Lipinski definition) is 2. The third-order valence-electron chi connectivity index (χ3n) is 2.95. The summed E-state index contributed by atoms with van der Waals surface area (Å²) in [7, 11) is 3.49. The lowest BCUT2D eigenvalue weighted by Crippen LogP contribution is -2.26. The maximum atomic E-state index is 11.3. The molecular weight excluding hydrogens is 256 g/mol. The van der Waals surface area contributed by atoms with E-state index in [2.05, 4.69) is 5.32 Å². The molecule has 0 bridgehead atoms. The third-order valence-corrected chi connectivity index (χ3v) is 2.95. The quantitative estimate of drug-likeness (QED) is 0.775. The van der Waals surface area contributed by atoms with Crippen LogP contribution in [0.5, 0.6) is 0 Å². The summed E-state index contributed by atoms with van der Waals surface area (Å²) in [6, 6.07) is 5.82. The highest BCUT2D eigenvalue weighted by molar-refractivity contribution is 5.87. The predicted octanol–water partition coefficient (Wildman–Crippen LogP) is 1.67. The van der Waals surface area contributed by atoms with Gasteiger partial charge in [-0.2, -0.15) is 0 Å². The van der Waals surface area contributed by atoms with Crippen molar-refractivity contribution >= 4 is 23.6 Å². The molecule has 0 atom stereocenters. The Hall–Kier alpha value is -2.30. The van der Waals surface area contributed by atoms with Crippen molar-refractivity contribution in [3.05, 3.63) is 35.4 Å². The molecular formula is C15H20N2O3. The molecule has 2 N–H and O–H groups in total. The summed E-state index contributed by atoms with van der Waals surface area (Å²) in [5.41, 5.74) is 2.78. The van der Waals surface area contributed by atoms with Gasteiger partial charge in [-0.15, -0.1) is 0 Å². The van der Waals surface area contributed by atoms with Gasteiger partial charge in [-0.3, -0.25) is 4.79 Å². The molecule has 0 saturated heterocycles. The molecule has 108 valence electrons. The van der Waals surface area contributed by atoms with Crippen LogP contribution < -0.4 is 10.2 Å². The summed E-state index contributed by atoms with van der Waals surface area (Å²) in [5.74, 6) is -1.00. The van der Waals surface area contributed by atoms with Gasteiger partial charge in [0.05, 0.1) is 0 Å². The maximum Gasteiger partial charge on any atom is 0.328 e. The van der Waals surface area contributed by atoms with E-state index in [9.17, 15) is 9.59 Å². The summed E-state index contributed by atoms with van der Waals surface area (Å²) in [6.45, 7) is 2.52. The van der Waals surface area contributed by atoms with Gasteiger partial charge in [-0.05, 0) is 30.7 Å². The van der Waals surface area contributed by atoms with Gasteiger partial charge in [-0.25, -0.2) is 4.79 Å². The van der Waals surface area contributed by atoms with Crippen molar-refractivity contribution in [2.75, 3.05) is 25.5 Å². The summed E-state index contributed by atoms with van der Waals surface area (Å²) in [6.07, 6.45) is 3.08. The van der Waals surface area contributed by atoms with Gasteiger partial charge >= 0.3 is 5.97 Å². The number of nitrogens with one attached hydrogen (secondary N) is 1.